The van der Waals surface area contributed by atoms with Crippen LogP contribution in [0.3, 0.4) is 0 Å². The fourth-order valence-electron chi connectivity index (χ4n) is 1.30. The van der Waals surface area contributed by atoms with Crippen molar-refractivity contribution >= 4 is 38.9 Å². The van der Waals surface area contributed by atoms with Gasteiger partial charge in [0.05, 0.1) is 11.7 Å². The van der Waals surface area contributed by atoms with E-state index in [0.717, 1.165) is 4.47 Å². The lowest BCUT2D eigenvalue weighted by molar-refractivity contribution is 0.483. The van der Waals surface area contributed by atoms with Crippen LogP contribution in [0.25, 0.3) is 10.9 Å². The summed E-state index contributed by atoms with van der Waals surface area (Å²) >= 11 is 3.31. The van der Waals surface area contributed by atoms with Crippen molar-refractivity contribution in [2.45, 2.75) is 0 Å². The van der Waals surface area contributed by atoms with Crippen molar-refractivity contribution in [3.8, 4) is 5.75 Å². The second kappa shape index (κ2) is 3.86. The number of anilines is 1. The molecule has 1 aromatic heterocycles. The first kappa shape index (κ1) is 9.92. The number of halogens is 1. The lowest BCUT2D eigenvalue weighted by Gasteiger charge is -2.05. The molecule has 0 aliphatic rings. The van der Waals surface area contributed by atoms with Crippen molar-refractivity contribution in [2.75, 3.05) is 5.32 Å². The van der Waals surface area contributed by atoms with Crippen LogP contribution in [-0.4, -0.2) is 16.5 Å². The van der Waals surface area contributed by atoms with Crippen LogP contribution in [-0.2, 0) is 4.79 Å². The van der Waals surface area contributed by atoms with Crippen molar-refractivity contribution in [3.05, 3.63) is 28.9 Å². The molecular formula is C10H6BrN2O2. The van der Waals surface area contributed by atoms with Gasteiger partial charge in [0.1, 0.15) is 11.4 Å². The van der Waals surface area contributed by atoms with Crippen LogP contribution in [0.2, 0.25) is 0 Å². The van der Waals surface area contributed by atoms with Gasteiger partial charge in [-0.3, -0.25) is 9.78 Å². The molecule has 0 aliphatic carbocycles. The van der Waals surface area contributed by atoms with E-state index in [0.29, 0.717) is 10.9 Å². The van der Waals surface area contributed by atoms with Crippen LogP contribution < -0.4 is 5.32 Å². The van der Waals surface area contributed by atoms with E-state index in [1.54, 1.807) is 18.2 Å². The molecule has 0 spiro atoms. The fraction of sp³-hybridized carbons (Fsp3) is 0. The van der Waals surface area contributed by atoms with Gasteiger partial charge in [0.15, 0.2) is 0 Å². The lowest BCUT2D eigenvalue weighted by atomic mass is 10.2. The summed E-state index contributed by atoms with van der Waals surface area (Å²) in [6.07, 6.45) is 2.88. The smallest absolute Gasteiger partial charge is 0.314 e. The Morgan fingerprint density at radius 2 is 2.27 bits per heavy atom. The van der Waals surface area contributed by atoms with Crippen LogP contribution in [0.5, 0.6) is 5.75 Å². The number of benzene rings is 1. The van der Waals surface area contributed by atoms with E-state index >= 15 is 0 Å². The topological polar surface area (TPSA) is 62.2 Å². The number of hydrogen-bond acceptors (Lipinski definition) is 3. The Balaban J connectivity index is 2.68. The van der Waals surface area contributed by atoms with E-state index in [1.807, 2.05) is 0 Å². The molecule has 0 aliphatic heterocycles. The summed E-state index contributed by atoms with van der Waals surface area (Å²) in [5.41, 5.74) is 0.901. The van der Waals surface area contributed by atoms with E-state index in [4.69, 9.17) is 0 Å². The second-order valence-electron chi connectivity index (χ2n) is 2.91. The number of aromatic hydroxyl groups is 1. The normalized spacial score (nSPS) is 10.2. The molecule has 0 saturated carbocycles. The molecule has 0 unspecified atom stereocenters. The Hall–Kier alpha value is -1.62. The molecular weight excluding hydrogens is 260 g/mol. The zero-order valence-electron chi connectivity index (χ0n) is 7.49. The number of pyridine rings is 1. The number of rotatable bonds is 2. The van der Waals surface area contributed by atoms with Gasteiger partial charge >= 0.3 is 6.41 Å². The molecule has 1 radical (unpaired) electrons. The number of nitrogens with zero attached hydrogens (tertiary/aromatic N) is 1. The Morgan fingerprint density at radius 3 is 3.00 bits per heavy atom. The largest absolute Gasteiger partial charge is 0.505 e. The first-order chi connectivity index (χ1) is 7.22. The predicted molar refractivity (Wildman–Crippen MR) is 60.4 cm³/mol. The molecule has 0 saturated heterocycles. The standard InChI is InChI=1S/C10H6BrN2O2/c11-6-1-2-7-8(3-6)12-4-9(10(7)15)13-5-14/h1-4H,(H,12,15)(H,13,14). The van der Waals surface area contributed by atoms with Gasteiger partial charge in [-0.05, 0) is 18.2 Å². The minimum Gasteiger partial charge on any atom is -0.505 e. The van der Waals surface area contributed by atoms with Gasteiger partial charge in [-0.2, -0.15) is 0 Å². The highest BCUT2D eigenvalue weighted by Crippen LogP contribution is 2.31. The Labute approximate surface area is 94.1 Å². The van der Waals surface area contributed by atoms with Crippen molar-refractivity contribution < 1.29 is 9.90 Å². The SMILES string of the molecule is O=[C]Nc1cnc2cc(Br)ccc2c1O. The molecule has 0 bridgehead atoms. The monoisotopic (exact) mass is 265 g/mol. The number of aromatic nitrogens is 1. The van der Waals surface area contributed by atoms with Gasteiger partial charge in [-0.1, -0.05) is 15.9 Å². The minimum absolute atomic E-state index is 0.00384. The molecule has 75 valence electrons. The van der Waals surface area contributed by atoms with E-state index in [9.17, 15) is 9.90 Å². The number of hydrogen-bond donors (Lipinski definition) is 2. The van der Waals surface area contributed by atoms with E-state index in [-0.39, 0.29) is 11.4 Å². The molecule has 0 atom stereocenters. The summed E-state index contributed by atoms with van der Waals surface area (Å²) in [6.45, 7) is 0. The van der Waals surface area contributed by atoms with E-state index < -0.39 is 0 Å². The van der Waals surface area contributed by atoms with Gasteiger partial charge in [0.2, 0.25) is 0 Å². The second-order valence-corrected chi connectivity index (χ2v) is 3.82. The predicted octanol–water partition coefficient (Wildman–Crippen LogP) is 2.18. The van der Waals surface area contributed by atoms with Gasteiger partial charge in [-0.25, -0.2) is 0 Å². The molecule has 0 fully saturated rings. The highest BCUT2D eigenvalue weighted by Gasteiger charge is 2.07. The Bertz CT molecular complexity index is 528. The molecule has 2 aromatic rings. The maximum Gasteiger partial charge on any atom is 0.314 e. The molecule has 4 nitrogen and oxygen atoms in total. The third kappa shape index (κ3) is 1.78. The molecule has 2 N–H and O–H groups in total. The molecule has 1 aromatic carbocycles. The van der Waals surface area contributed by atoms with Crippen molar-refractivity contribution in [1.82, 2.24) is 4.98 Å². The van der Waals surface area contributed by atoms with E-state index in [2.05, 4.69) is 26.2 Å². The maximum atomic E-state index is 10.1. The van der Waals surface area contributed by atoms with Crippen LogP contribution in [0.1, 0.15) is 0 Å². The Kier molecular flexibility index (Phi) is 2.55. The number of fused-ring (bicyclic) bond motifs is 1. The van der Waals surface area contributed by atoms with Crippen molar-refractivity contribution in [2.24, 2.45) is 0 Å². The molecule has 2 rings (SSSR count). The summed E-state index contributed by atoms with van der Waals surface area (Å²) in [6, 6.07) is 5.29. The maximum absolute atomic E-state index is 10.1. The number of amides is 1. The number of carbonyl (C=O) groups excluding carboxylic acids is 1. The molecule has 1 heterocycles. The first-order valence-electron chi connectivity index (χ1n) is 4.13. The summed E-state index contributed by atoms with van der Waals surface area (Å²) in [7, 11) is 0. The zero-order chi connectivity index (χ0) is 10.8. The molecule has 5 heteroatoms. The van der Waals surface area contributed by atoms with Gasteiger partial charge in [0, 0.05) is 9.86 Å². The highest BCUT2D eigenvalue weighted by atomic mass is 79.9. The lowest BCUT2D eigenvalue weighted by Crippen LogP contribution is -1.95. The molecule has 1 amide bonds. The zero-order valence-corrected chi connectivity index (χ0v) is 9.08. The highest BCUT2D eigenvalue weighted by molar-refractivity contribution is 9.10. The van der Waals surface area contributed by atoms with E-state index in [1.165, 1.54) is 12.6 Å². The van der Waals surface area contributed by atoms with Gasteiger partial charge < -0.3 is 10.4 Å². The number of nitrogens with one attached hydrogen (secondary N) is 1. The average Bonchev–Trinajstić information content (AvgIpc) is 2.22. The van der Waals surface area contributed by atoms with Crippen LogP contribution in [0, 0.1) is 0 Å². The summed E-state index contributed by atoms with van der Waals surface area (Å²) in [5.74, 6) is -0.00384. The minimum atomic E-state index is -0.00384. The third-order valence-electron chi connectivity index (χ3n) is 1.99. The fourth-order valence-corrected chi connectivity index (χ4v) is 1.65. The van der Waals surface area contributed by atoms with Gasteiger partial charge in [-0.15, -0.1) is 0 Å². The van der Waals surface area contributed by atoms with Crippen LogP contribution >= 0.6 is 15.9 Å². The Morgan fingerprint density at radius 1 is 1.47 bits per heavy atom. The third-order valence-corrected chi connectivity index (χ3v) is 2.48. The first-order valence-corrected chi connectivity index (χ1v) is 4.92. The van der Waals surface area contributed by atoms with Gasteiger partial charge in [0.25, 0.3) is 0 Å². The molecule has 15 heavy (non-hydrogen) atoms. The quantitative estimate of drug-likeness (QED) is 0.819. The van der Waals surface area contributed by atoms with Crippen molar-refractivity contribution in [1.29, 1.82) is 0 Å². The van der Waals surface area contributed by atoms with Crippen molar-refractivity contribution in [3.63, 3.8) is 0 Å². The summed E-state index contributed by atoms with van der Waals surface area (Å²) in [4.78, 5) is 14.2. The average molecular weight is 266 g/mol. The van der Waals surface area contributed by atoms with Crippen LogP contribution in [0.4, 0.5) is 5.69 Å². The van der Waals surface area contributed by atoms with Crippen LogP contribution in [0.15, 0.2) is 28.9 Å². The summed E-state index contributed by atoms with van der Waals surface area (Å²) < 4.78 is 0.879. The summed E-state index contributed by atoms with van der Waals surface area (Å²) in [5, 5.41) is 12.6.